The summed E-state index contributed by atoms with van der Waals surface area (Å²) in [4.78, 5) is 25.7. The topological polar surface area (TPSA) is 141 Å². The number of nitrogens with two attached hydrogens (primary N) is 1. The maximum absolute atomic E-state index is 13.3. The summed E-state index contributed by atoms with van der Waals surface area (Å²) >= 11 is 0. The molecule has 1 aliphatic carbocycles. The van der Waals surface area contributed by atoms with E-state index in [1.165, 1.54) is 6.33 Å². The number of alkyl halides is 3. The van der Waals surface area contributed by atoms with E-state index in [1.807, 2.05) is 6.20 Å². The molecule has 196 valence electrons. The number of fused-ring (bicyclic) bond motifs is 2. The molecule has 38 heavy (non-hydrogen) atoms. The Labute approximate surface area is 212 Å². The minimum absolute atomic E-state index is 0.228. The van der Waals surface area contributed by atoms with Crippen molar-refractivity contribution in [1.82, 2.24) is 29.1 Å². The van der Waals surface area contributed by atoms with Crippen LogP contribution in [0.15, 0.2) is 47.6 Å². The monoisotopic (exact) mass is 525 g/mol. The van der Waals surface area contributed by atoms with E-state index < -0.39 is 17.6 Å². The number of amides is 2. The van der Waals surface area contributed by atoms with Gasteiger partial charge in [0, 0.05) is 36.3 Å². The second kappa shape index (κ2) is 8.19. The third-order valence-corrected chi connectivity index (χ3v) is 6.75. The van der Waals surface area contributed by atoms with E-state index in [0.29, 0.717) is 23.2 Å². The average Bonchev–Trinajstić information content (AvgIpc) is 3.24. The molecule has 4 N–H and O–H groups in total. The van der Waals surface area contributed by atoms with Crippen molar-refractivity contribution >= 4 is 40.1 Å². The number of aromatic nitrogens is 6. The third-order valence-electron chi connectivity index (χ3n) is 6.75. The molecule has 0 spiro atoms. The van der Waals surface area contributed by atoms with Gasteiger partial charge >= 0.3 is 12.2 Å². The van der Waals surface area contributed by atoms with Gasteiger partial charge in [-0.25, -0.2) is 19.7 Å². The lowest BCUT2D eigenvalue weighted by molar-refractivity contribution is -0.181. The molecular weight excluding hydrogens is 503 g/mol. The molecule has 0 bridgehead atoms. The molecule has 0 aromatic carbocycles. The van der Waals surface area contributed by atoms with E-state index in [1.54, 1.807) is 28.9 Å². The summed E-state index contributed by atoms with van der Waals surface area (Å²) < 4.78 is 48.7. The number of anilines is 3. The Balaban J connectivity index is 1.29. The van der Waals surface area contributed by atoms with Crippen molar-refractivity contribution in [2.24, 2.45) is 0 Å². The van der Waals surface area contributed by atoms with Crippen molar-refractivity contribution in [2.75, 3.05) is 16.4 Å². The van der Waals surface area contributed by atoms with Crippen LogP contribution in [-0.4, -0.2) is 41.3 Å². The second-order valence-corrected chi connectivity index (χ2v) is 9.67. The van der Waals surface area contributed by atoms with Gasteiger partial charge in [-0.1, -0.05) is 5.16 Å². The normalized spacial score (nSPS) is 14.3. The van der Waals surface area contributed by atoms with Gasteiger partial charge in [0.15, 0.2) is 5.65 Å². The summed E-state index contributed by atoms with van der Waals surface area (Å²) in [5, 5.41) is 9.24. The number of urea groups is 1. The molecule has 5 heterocycles. The SMILES string of the molecule is CC(C)(c1cc(NC(=O)Nc2ccc(-c3cn(C4CC4)c4ncnc(N)c34)n3ccnc23)on1)C(F)(F)F. The highest BCUT2D eigenvalue weighted by molar-refractivity contribution is 6.03. The van der Waals surface area contributed by atoms with E-state index in [0.717, 1.165) is 55.0 Å². The Morgan fingerprint density at radius 2 is 1.92 bits per heavy atom. The molecule has 1 fully saturated rings. The van der Waals surface area contributed by atoms with Crippen LogP contribution in [0.25, 0.3) is 27.9 Å². The van der Waals surface area contributed by atoms with Gasteiger partial charge in [-0.2, -0.15) is 13.2 Å². The zero-order chi connectivity index (χ0) is 26.8. The van der Waals surface area contributed by atoms with Gasteiger partial charge in [-0.3, -0.25) is 9.72 Å². The van der Waals surface area contributed by atoms with Crippen LogP contribution in [0, 0.1) is 0 Å². The second-order valence-electron chi connectivity index (χ2n) is 9.67. The Morgan fingerprint density at radius 1 is 1.13 bits per heavy atom. The fourth-order valence-corrected chi connectivity index (χ4v) is 4.30. The van der Waals surface area contributed by atoms with Gasteiger partial charge in [-0.15, -0.1) is 0 Å². The zero-order valence-electron chi connectivity index (χ0n) is 20.2. The van der Waals surface area contributed by atoms with Gasteiger partial charge in [-0.05, 0) is 38.8 Å². The van der Waals surface area contributed by atoms with Gasteiger partial charge in [0.05, 0.1) is 16.8 Å². The Kier molecular flexibility index (Phi) is 5.12. The summed E-state index contributed by atoms with van der Waals surface area (Å²) in [5.41, 5.74) is 6.79. The number of nitrogens with zero attached hydrogens (tertiary/aromatic N) is 6. The summed E-state index contributed by atoms with van der Waals surface area (Å²) in [5.74, 6) is 0.133. The number of carbonyl (C=O) groups excluding carboxylic acids is 1. The Hall–Kier alpha value is -4.62. The van der Waals surface area contributed by atoms with Crippen LogP contribution in [0.2, 0.25) is 0 Å². The van der Waals surface area contributed by atoms with Crippen LogP contribution >= 0.6 is 0 Å². The molecule has 0 atom stereocenters. The zero-order valence-corrected chi connectivity index (χ0v) is 20.2. The van der Waals surface area contributed by atoms with Crippen LogP contribution in [-0.2, 0) is 5.41 Å². The maximum atomic E-state index is 13.3. The van der Waals surface area contributed by atoms with Crippen LogP contribution in [0.4, 0.5) is 35.4 Å². The molecule has 11 nitrogen and oxygen atoms in total. The van der Waals surface area contributed by atoms with E-state index >= 15 is 0 Å². The van der Waals surface area contributed by atoms with Gasteiger partial charge in [0.25, 0.3) is 0 Å². The Morgan fingerprint density at radius 3 is 2.66 bits per heavy atom. The quantitative estimate of drug-likeness (QED) is 0.289. The smallest absolute Gasteiger partial charge is 0.383 e. The maximum Gasteiger partial charge on any atom is 0.399 e. The first-order valence-electron chi connectivity index (χ1n) is 11.7. The predicted octanol–water partition coefficient (Wildman–Crippen LogP) is 5.14. The van der Waals surface area contributed by atoms with E-state index in [2.05, 4.69) is 35.3 Å². The molecule has 14 heteroatoms. The highest BCUT2D eigenvalue weighted by Gasteiger charge is 2.50. The number of imidazole rings is 1. The lowest BCUT2D eigenvalue weighted by atomic mass is 9.89. The van der Waals surface area contributed by atoms with Crippen molar-refractivity contribution in [3.8, 4) is 11.3 Å². The molecule has 5 aromatic heterocycles. The van der Waals surface area contributed by atoms with Crippen LogP contribution in [0.5, 0.6) is 0 Å². The van der Waals surface area contributed by atoms with E-state index in [-0.39, 0.29) is 11.6 Å². The average molecular weight is 525 g/mol. The predicted molar refractivity (Wildman–Crippen MR) is 133 cm³/mol. The fraction of sp³-hybridized carbons (Fsp3) is 0.292. The molecule has 0 aliphatic heterocycles. The van der Waals surface area contributed by atoms with Crippen molar-refractivity contribution in [3.05, 3.63) is 48.8 Å². The van der Waals surface area contributed by atoms with E-state index in [4.69, 9.17) is 10.3 Å². The summed E-state index contributed by atoms with van der Waals surface area (Å²) in [6.45, 7) is 1.96. The Bertz CT molecular complexity index is 1700. The van der Waals surface area contributed by atoms with Crippen LogP contribution in [0.1, 0.15) is 38.4 Å². The van der Waals surface area contributed by atoms with Gasteiger partial charge in [0.2, 0.25) is 5.88 Å². The number of hydrogen-bond acceptors (Lipinski definition) is 7. The standard InChI is InChI=1S/C24H22F3N9O2/c1-23(2,24(25,26)27)16-9-17(38-34-16)33-22(37)32-14-5-6-15(35-8-7-29-20(14)35)13-10-36(12-3-4-12)21-18(13)19(28)30-11-31-21/h5-12H,3-4H2,1-2H3,(H2,28,30,31)(H2,32,33,37). The number of hydrogen-bond donors (Lipinski definition) is 3. The first-order valence-corrected chi connectivity index (χ1v) is 11.7. The largest absolute Gasteiger partial charge is 0.399 e. The van der Waals surface area contributed by atoms with Gasteiger partial charge in [0.1, 0.15) is 28.9 Å². The van der Waals surface area contributed by atoms with Crippen LogP contribution in [0.3, 0.4) is 0 Å². The molecule has 1 aliphatic rings. The number of carbonyl (C=O) groups is 1. The molecule has 0 unspecified atom stereocenters. The lowest BCUT2D eigenvalue weighted by Crippen LogP contribution is -2.36. The highest BCUT2D eigenvalue weighted by atomic mass is 19.4. The minimum Gasteiger partial charge on any atom is -0.383 e. The fourth-order valence-electron chi connectivity index (χ4n) is 4.30. The molecule has 5 aromatic rings. The number of halogens is 3. The summed E-state index contributed by atoms with van der Waals surface area (Å²) in [6.07, 6.45) is 4.36. The van der Waals surface area contributed by atoms with Crippen molar-refractivity contribution in [2.45, 2.75) is 44.3 Å². The van der Waals surface area contributed by atoms with Crippen LogP contribution < -0.4 is 16.4 Å². The summed E-state index contributed by atoms with van der Waals surface area (Å²) in [7, 11) is 0. The number of nitrogens with one attached hydrogen (secondary N) is 2. The van der Waals surface area contributed by atoms with Crippen molar-refractivity contribution in [1.29, 1.82) is 0 Å². The molecular formula is C24H22F3N9O2. The number of rotatable bonds is 5. The molecule has 6 rings (SSSR count). The number of pyridine rings is 1. The lowest BCUT2D eigenvalue weighted by Gasteiger charge is -2.24. The number of nitrogen functional groups attached to an aromatic ring is 1. The molecule has 2 amide bonds. The molecule has 0 saturated heterocycles. The highest BCUT2D eigenvalue weighted by Crippen LogP contribution is 2.42. The first-order chi connectivity index (χ1) is 18.0. The van der Waals surface area contributed by atoms with Crippen molar-refractivity contribution in [3.63, 3.8) is 0 Å². The minimum atomic E-state index is -4.54. The van der Waals surface area contributed by atoms with Crippen molar-refractivity contribution < 1.29 is 22.5 Å². The molecule has 1 saturated carbocycles. The van der Waals surface area contributed by atoms with E-state index in [9.17, 15) is 18.0 Å². The van der Waals surface area contributed by atoms with Gasteiger partial charge < -0.3 is 20.1 Å². The first kappa shape index (κ1) is 23.8. The molecule has 0 radical (unpaired) electrons. The third kappa shape index (κ3) is 3.79. The summed E-state index contributed by atoms with van der Waals surface area (Å²) in [6, 6.07) is 4.15.